The van der Waals surface area contributed by atoms with Crippen LogP contribution in [-0.4, -0.2) is 42.7 Å². The molecule has 1 N–H and O–H groups in total. The van der Waals surface area contributed by atoms with E-state index in [2.05, 4.69) is 17.4 Å². The van der Waals surface area contributed by atoms with E-state index < -0.39 is 6.17 Å². The number of rotatable bonds is 5. The van der Waals surface area contributed by atoms with Crippen molar-refractivity contribution in [1.82, 2.24) is 10.2 Å². The van der Waals surface area contributed by atoms with Crippen LogP contribution < -0.4 is 5.32 Å². The Morgan fingerprint density at radius 2 is 1.95 bits per heavy atom. The number of alkyl halides is 1. The van der Waals surface area contributed by atoms with Gasteiger partial charge >= 0.3 is 0 Å². The minimum Gasteiger partial charge on any atom is -0.333 e. The van der Waals surface area contributed by atoms with Crippen molar-refractivity contribution in [2.24, 2.45) is 5.92 Å². The summed E-state index contributed by atoms with van der Waals surface area (Å²) >= 11 is 0. The second-order valence-corrected chi connectivity index (χ2v) is 6.73. The average Bonchev–Trinajstić information content (AvgIpc) is 3.35. The third-order valence-electron chi connectivity index (χ3n) is 4.87. The topological polar surface area (TPSA) is 32.3 Å². The standard InChI is InChI=1S/C17H21FN2O/c18-14-9-20(10-14)17(21)13-5-3-12(4-6-13)15-7-16(15)19-8-11-1-2-11/h3-6,11,14-16,19H,1-2,7-10H2/t15-,16+/m0/s1. The first-order valence-corrected chi connectivity index (χ1v) is 7.97. The molecule has 2 saturated carbocycles. The van der Waals surface area contributed by atoms with Crippen LogP contribution in [0.25, 0.3) is 0 Å². The molecule has 3 aliphatic rings. The number of amides is 1. The molecular formula is C17H21FN2O. The van der Waals surface area contributed by atoms with Gasteiger partial charge in [-0.1, -0.05) is 12.1 Å². The van der Waals surface area contributed by atoms with Crippen LogP contribution in [-0.2, 0) is 0 Å². The Labute approximate surface area is 124 Å². The van der Waals surface area contributed by atoms with Crippen molar-refractivity contribution in [3.05, 3.63) is 35.4 Å². The number of carbonyl (C=O) groups excluding carboxylic acids is 1. The van der Waals surface area contributed by atoms with E-state index in [0.29, 0.717) is 17.5 Å². The van der Waals surface area contributed by atoms with Gasteiger partial charge in [-0.2, -0.15) is 0 Å². The quantitative estimate of drug-likeness (QED) is 0.902. The third kappa shape index (κ3) is 2.82. The van der Waals surface area contributed by atoms with E-state index in [1.54, 1.807) is 4.90 Å². The Balaban J connectivity index is 1.32. The maximum atomic E-state index is 12.8. The SMILES string of the molecule is O=C(c1ccc([C@@H]2C[C@H]2NCC2CC2)cc1)N1CC(F)C1. The van der Waals surface area contributed by atoms with Crippen LogP contribution in [0.4, 0.5) is 4.39 Å². The summed E-state index contributed by atoms with van der Waals surface area (Å²) in [5, 5.41) is 3.63. The molecule has 0 unspecified atom stereocenters. The first-order chi connectivity index (χ1) is 10.2. The second-order valence-electron chi connectivity index (χ2n) is 6.73. The van der Waals surface area contributed by atoms with Gasteiger partial charge in [-0.25, -0.2) is 4.39 Å². The van der Waals surface area contributed by atoms with Crippen LogP contribution in [0.2, 0.25) is 0 Å². The van der Waals surface area contributed by atoms with E-state index in [4.69, 9.17) is 0 Å². The molecule has 21 heavy (non-hydrogen) atoms. The predicted molar refractivity (Wildman–Crippen MR) is 79.1 cm³/mol. The Hall–Kier alpha value is -1.42. The fraction of sp³-hybridized carbons (Fsp3) is 0.588. The lowest BCUT2D eigenvalue weighted by atomic mass is 10.1. The number of likely N-dealkylation sites (tertiary alicyclic amines) is 1. The maximum Gasteiger partial charge on any atom is 0.254 e. The van der Waals surface area contributed by atoms with Gasteiger partial charge in [-0.05, 0) is 49.4 Å². The van der Waals surface area contributed by atoms with Crippen molar-refractivity contribution < 1.29 is 9.18 Å². The summed E-state index contributed by atoms with van der Waals surface area (Å²) in [6, 6.07) is 8.51. The highest BCUT2D eigenvalue weighted by atomic mass is 19.1. The molecule has 4 heteroatoms. The molecule has 112 valence electrons. The van der Waals surface area contributed by atoms with Gasteiger partial charge in [0.2, 0.25) is 0 Å². The molecule has 2 atom stereocenters. The number of nitrogens with zero attached hydrogens (tertiary/aromatic N) is 1. The molecule has 1 aliphatic heterocycles. The van der Waals surface area contributed by atoms with Gasteiger partial charge < -0.3 is 10.2 Å². The van der Waals surface area contributed by atoms with Gasteiger partial charge in [0.15, 0.2) is 0 Å². The highest BCUT2D eigenvalue weighted by Gasteiger charge is 2.39. The summed E-state index contributed by atoms with van der Waals surface area (Å²) < 4.78 is 12.8. The lowest BCUT2D eigenvalue weighted by Gasteiger charge is -2.34. The summed E-state index contributed by atoms with van der Waals surface area (Å²) in [5.41, 5.74) is 1.99. The fourth-order valence-electron chi connectivity index (χ4n) is 3.08. The van der Waals surface area contributed by atoms with Crippen molar-refractivity contribution in [3.63, 3.8) is 0 Å². The van der Waals surface area contributed by atoms with Crippen molar-refractivity contribution in [2.45, 2.75) is 37.4 Å². The van der Waals surface area contributed by atoms with Crippen LogP contribution in [0.1, 0.15) is 41.1 Å². The van der Waals surface area contributed by atoms with E-state index in [1.807, 2.05) is 12.1 Å². The van der Waals surface area contributed by atoms with Gasteiger partial charge in [-0.15, -0.1) is 0 Å². The molecule has 2 aliphatic carbocycles. The summed E-state index contributed by atoms with van der Waals surface area (Å²) in [6.07, 6.45) is 3.14. The minimum atomic E-state index is -0.835. The molecule has 3 fully saturated rings. The number of carbonyl (C=O) groups is 1. The van der Waals surface area contributed by atoms with E-state index in [-0.39, 0.29) is 19.0 Å². The van der Waals surface area contributed by atoms with Crippen LogP contribution in [0.15, 0.2) is 24.3 Å². The Morgan fingerprint density at radius 1 is 1.24 bits per heavy atom. The normalized spacial score (nSPS) is 28.3. The summed E-state index contributed by atoms with van der Waals surface area (Å²) in [5.74, 6) is 1.48. The number of halogens is 1. The number of hydrogen-bond donors (Lipinski definition) is 1. The van der Waals surface area contributed by atoms with Crippen LogP contribution in [0, 0.1) is 5.92 Å². The first kappa shape index (κ1) is 13.3. The molecule has 0 radical (unpaired) electrons. The lowest BCUT2D eigenvalue weighted by molar-refractivity contribution is 0.0400. The molecule has 1 heterocycles. The van der Waals surface area contributed by atoms with Crippen molar-refractivity contribution in [1.29, 1.82) is 0 Å². The second kappa shape index (κ2) is 5.09. The molecule has 3 nitrogen and oxygen atoms in total. The van der Waals surface area contributed by atoms with E-state index >= 15 is 0 Å². The number of hydrogen-bond acceptors (Lipinski definition) is 2. The van der Waals surface area contributed by atoms with E-state index in [0.717, 1.165) is 12.5 Å². The largest absolute Gasteiger partial charge is 0.333 e. The van der Waals surface area contributed by atoms with E-state index in [1.165, 1.54) is 24.8 Å². The third-order valence-corrected chi connectivity index (χ3v) is 4.87. The Kier molecular flexibility index (Phi) is 3.21. The van der Waals surface area contributed by atoms with E-state index in [9.17, 15) is 9.18 Å². The molecule has 1 aromatic carbocycles. The summed E-state index contributed by atoms with van der Waals surface area (Å²) in [4.78, 5) is 13.6. The summed E-state index contributed by atoms with van der Waals surface area (Å²) in [7, 11) is 0. The van der Waals surface area contributed by atoms with Gasteiger partial charge in [-0.3, -0.25) is 4.79 Å². The molecule has 0 spiro atoms. The highest BCUT2D eigenvalue weighted by molar-refractivity contribution is 5.94. The van der Waals surface area contributed by atoms with Gasteiger partial charge in [0, 0.05) is 17.5 Å². The van der Waals surface area contributed by atoms with Crippen LogP contribution in [0.5, 0.6) is 0 Å². The first-order valence-electron chi connectivity index (χ1n) is 7.97. The van der Waals surface area contributed by atoms with Gasteiger partial charge in [0.1, 0.15) is 6.17 Å². The van der Waals surface area contributed by atoms with Crippen LogP contribution in [0.3, 0.4) is 0 Å². The predicted octanol–water partition coefficient (Wildman–Crippen LogP) is 2.34. The zero-order valence-corrected chi connectivity index (χ0v) is 12.1. The van der Waals surface area contributed by atoms with Gasteiger partial charge in [0.25, 0.3) is 5.91 Å². The molecule has 0 bridgehead atoms. The monoisotopic (exact) mass is 288 g/mol. The minimum absolute atomic E-state index is 0.0466. The molecule has 4 rings (SSSR count). The summed E-state index contributed by atoms with van der Waals surface area (Å²) in [6.45, 7) is 1.66. The van der Waals surface area contributed by atoms with Crippen molar-refractivity contribution >= 4 is 5.91 Å². The molecule has 1 amide bonds. The molecule has 1 saturated heterocycles. The average molecular weight is 288 g/mol. The van der Waals surface area contributed by atoms with Crippen molar-refractivity contribution in [2.75, 3.05) is 19.6 Å². The maximum absolute atomic E-state index is 12.8. The molecule has 1 aromatic rings. The van der Waals surface area contributed by atoms with Crippen molar-refractivity contribution in [3.8, 4) is 0 Å². The zero-order chi connectivity index (χ0) is 14.4. The molecular weight excluding hydrogens is 267 g/mol. The Bertz CT molecular complexity index is 534. The fourth-order valence-corrected chi connectivity index (χ4v) is 3.08. The molecule has 0 aromatic heterocycles. The van der Waals surface area contributed by atoms with Gasteiger partial charge in [0.05, 0.1) is 13.1 Å². The lowest BCUT2D eigenvalue weighted by Crippen LogP contribution is -2.51. The smallest absolute Gasteiger partial charge is 0.254 e. The number of nitrogens with one attached hydrogen (secondary N) is 1. The van der Waals surface area contributed by atoms with Crippen LogP contribution >= 0.6 is 0 Å². The zero-order valence-electron chi connectivity index (χ0n) is 12.1. The highest BCUT2D eigenvalue weighted by Crippen LogP contribution is 2.41. The number of benzene rings is 1. The Morgan fingerprint density at radius 3 is 2.57 bits per heavy atom.